The van der Waals surface area contributed by atoms with Crippen LogP contribution in [0.4, 0.5) is 16.2 Å². The van der Waals surface area contributed by atoms with Crippen molar-refractivity contribution in [2.24, 2.45) is 0 Å². The van der Waals surface area contributed by atoms with Gasteiger partial charge in [0.1, 0.15) is 0 Å². The number of ketones is 1. The molecule has 2 aromatic carbocycles. The highest BCUT2D eigenvalue weighted by molar-refractivity contribution is 6.00. The number of hydrogen-bond donors (Lipinski definition) is 2. The summed E-state index contributed by atoms with van der Waals surface area (Å²) >= 11 is 0. The number of benzene rings is 2. The molecule has 0 unspecified atom stereocenters. The summed E-state index contributed by atoms with van der Waals surface area (Å²) in [5.41, 5.74) is 3.23. The van der Waals surface area contributed by atoms with E-state index in [1.165, 1.54) is 5.56 Å². The fourth-order valence-corrected chi connectivity index (χ4v) is 2.11. The first kappa shape index (κ1) is 15.8. The SMILES string of the molecule is CCC(=O)c1ccc(NC(=O)Nc2cccc(CC)c2)cc1. The normalized spacial score (nSPS) is 10.1. The molecule has 0 radical (unpaired) electrons. The van der Waals surface area contributed by atoms with Gasteiger partial charge in [-0.15, -0.1) is 0 Å². The van der Waals surface area contributed by atoms with Gasteiger partial charge >= 0.3 is 6.03 Å². The molecule has 0 atom stereocenters. The van der Waals surface area contributed by atoms with Crippen LogP contribution in [0, 0.1) is 0 Å². The van der Waals surface area contributed by atoms with Crippen molar-refractivity contribution in [2.45, 2.75) is 26.7 Å². The summed E-state index contributed by atoms with van der Waals surface area (Å²) in [6.07, 6.45) is 1.39. The first-order valence-electron chi connectivity index (χ1n) is 7.42. The molecule has 0 heterocycles. The Balaban J connectivity index is 1.98. The highest BCUT2D eigenvalue weighted by Crippen LogP contribution is 2.14. The van der Waals surface area contributed by atoms with Crippen molar-refractivity contribution in [2.75, 3.05) is 10.6 Å². The molecule has 2 rings (SSSR count). The van der Waals surface area contributed by atoms with Crippen LogP contribution in [0.5, 0.6) is 0 Å². The number of rotatable bonds is 5. The molecular formula is C18H20N2O2. The van der Waals surface area contributed by atoms with Gasteiger partial charge in [-0.25, -0.2) is 4.79 Å². The van der Waals surface area contributed by atoms with Crippen molar-refractivity contribution in [1.82, 2.24) is 0 Å². The highest BCUT2D eigenvalue weighted by Gasteiger charge is 2.05. The number of amides is 2. The van der Waals surface area contributed by atoms with E-state index in [1.54, 1.807) is 24.3 Å². The van der Waals surface area contributed by atoms with Gasteiger partial charge in [0, 0.05) is 23.4 Å². The van der Waals surface area contributed by atoms with Gasteiger partial charge in [0.05, 0.1) is 0 Å². The number of urea groups is 1. The van der Waals surface area contributed by atoms with E-state index in [1.807, 2.05) is 31.2 Å². The molecule has 4 nitrogen and oxygen atoms in total. The van der Waals surface area contributed by atoms with Gasteiger partial charge in [0.25, 0.3) is 0 Å². The second-order valence-electron chi connectivity index (χ2n) is 4.99. The predicted octanol–water partition coefficient (Wildman–Crippen LogP) is 4.49. The Morgan fingerprint density at radius 1 is 0.909 bits per heavy atom. The largest absolute Gasteiger partial charge is 0.323 e. The standard InChI is InChI=1S/C18H20N2O2/c1-3-13-6-5-7-16(12-13)20-18(22)19-15-10-8-14(9-11-15)17(21)4-2/h5-12H,3-4H2,1-2H3,(H2,19,20,22). The summed E-state index contributed by atoms with van der Waals surface area (Å²) < 4.78 is 0. The van der Waals surface area contributed by atoms with E-state index in [4.69, 9.17) is 0 Å². The average Bonchev–Trinajstić information content (AvgIpc) is 2.55. The lowest BCUT2D eigenvalue weighted by Gasteiger charge is -2.09. The molecule has 0 saturated carbocycles. The van der Waals surface area contributed by atoms with E-state index in [0.29, 0.717) is 17.7 Å². The maximum Gasteiger partial charge on any atom is 0.323 e. The third-order valence-corrected chi connectivity index (χ3v) is 3.38. The Bertz CT molecular complexity index is 663. The lowest BCUT2D eigenvalue weighted by molar-refractivity contribution is 0.0988. The van der Waals surface area contributed by atoms with Gasteiger partial charge in [0.15, 0.2) is 5.78 Å². The van der Waals surface area contributed by atoms with Crippen LogP contribution >= 0.6 is 0 Å². The molecule has 22 heavy (non-hydrogen) atoms. The molecule has 2 aromatic rings. The van der Waals surface area contributed by atoms with Gasteiger partial charge < -0.3 is 10.6 Å². The molecule has 0 aromatic heterocycles. The van der Waals surface area contributed by atoms with Crippen molar-refractivity contribution in [3.05, 3.63) is 59.7 Å². The van der Waals surface area contributed by atoms with Crippen LogP contribution in [-0.2, 0) is 6.42 Å². The molecule has 0 aliphatic carbocycles. The zero-order valence-electron chi connectivity index (χ0n) is 12.8. The number of Topliss-reactive ketones (excluding diaryl/α,β-unsaturated/α-hetero) is 1. The summed E-state index contributed by atoms with van der Waals surface area (Å²) in [5.74, 6) is 0.0902. The van der Waals surface area contributed by atoms with E-state index in [-0.39, 0.29) is 11.8 Å². The number of hydrogen-bond acceptors (Lipinski definition) is 2. The van der Waals surface area contributed by atoms with Crippen molar-refractivity contribution in [1.29, 1.82) is 0 Å². The molecular weight excluding hydrogens is 276 g/mol. The second kappa shape index (κ2) is 7.41. The number of carbonyl (C=O) groups excluding carboxylic acids is 2. The fraction of sp³-hybridized carbons (Fsp3) is 0.222. The zero-order chi connectivity index (χ0) is 15.9. The second-order valence-corrected chi connectivity index (χ2v) is 4.99. The van der Waals surface area contributed by atoms with Gasteiger partial charge in [0.2, 0.25) is 0 Å². The Labute approximate surface area is 130 Å². The van der Waals surface area contributed by atoms with E-state index >= 15 is 0 Å². The molecule has 2 amide bonds. The van der Waals surface area contributed by atoms with Crippen LogP contribution in [0.15, 0.2) is 48.5 Å². The summed E-state index contributed by atoms with van der Waals surface area (Å²) in [4.78, 5) is 23.5. The number of nitrogens with one attached hydrogen (secondary N) is 2. The third kappa shape index (κ3) is 4.19. The highest BCUT2D eigenvalue weighted by atomic mass is 16.2. The molecule has 4 heteroatoms. The topological polar surface area (TPSA) is 58.2 Å². The minimum absolute atomic E-state index is 0.0902. The smallest absolute Gasteiger partial charge is 0.308 e. The van der Waals surface area contributed by atoms with Crippen molar-refractivity contribution >= 4 is 23.2 Å². The summed E-state index contributed by atoms with van der Waals surface area (Å²) in [6.45, 7) is 3.89. The van der Waals surface area contributed by atoms with Crippen LogP contribution < -0.4 is 10.6 Å². The van der Waals surface area contributed by atoms with E-state index < -0.39 is 0 Å². The molecule has 0 saturated heterocycles. The molecule has 0 aliphatic heterocycles. The number of anilines is 2. The fourth-order valence-electron chi connectivity index (χ4n) is 2.11. The number of aryl methyl sites for hydroxylation is 1. The average molecular weight is 296 g/mol. The monoisotopic (exact) mass is 296 g/mol. The van der Waals surface area contributed by atoms with Crippen LogP contribution in [0.25, 0.3) is 0 Å². The Morgan fingerprint density at radius 3 is 2.23 bits per heavy atom. The lowest BCUT2D eigenvalue weighted by atomic mass is 10.1. The summed E-state index contributed by atoms with van der Waals surface area (Å²) in [5, 5.41) is 5.55. The quantitative estimate of drug-likeness (QED) is 0.799. The van der Waals surface area contributed by atoms with Gasteiger partial charge in [-0.05, 0) is 48.4 Å². The van der Waals surface area contributed by atoms with Gasteiger partial charge in [-0.1, -0.05) is 26.0 Å². The Kier molecular flexibility index (Phi) is 5.31. The minimum atomic E-state index is -0.303. The van der Waals surface area contributed by atoms with Gasteiger partial charge in [-0.2, -0.15) is 0 Å². The molecule has 0 spiro atoms. The van der Waals surface area contributed by atoms with Crippen LogP contribution in [0.2, 0.25) is 0 Å². The molecule has 0 bridgehead atoms. The summed E-state index contributed by atoms with van der Waals surface area (Å²) in [7, 11) is 0. The summed E-state index contributed by atoms with van der Waals surface area (Å²) in [6, 6.07) is 14.3. The van der Waals surface area contributed by atoms with E-state index in [9.17, 15) is 9.59 Å². The predicted molar refractivity (Wildman–Crippen MR) is 89.5 cm³/mol. The maximum absolute atomic E-state index is 12.0. The van der Waals surface area contributed by atoms with E-state index in [2.05, 4.69) is 17.6 Å². The zero-order valence-corrected chi connectivity index (χ0v) is 12.8. The Hall–Kier alpha value is -2.62. The molecule has 0 fully saturated rings. The number of carbonyl (C=O) groups is 2. The van der Waals surface area contributed by atoms with Crippen LogP contribution in [-0.4, -0.2) is 11.8 Å². The van der Waals surface area contributed by atoms with Crippen molar-refractivity contribution < 1.29 is 9.59 Å². The Morgan fingerprint density at radius 2 is 1.59 bits per heavy atom. The lowest BCUT2D eigenvalue weighted by Crippen LogP contribution is -2.19. The first-order chi connectivity index (χ1) is 10.6. The van der Waals surface area contributed by atoms with Crippen molar-refractivity contribution in [3.8, 4) is 0 Å². The van der Waals surface area contributed by atoms with Crippen LogP contribution in [0.1, 0.15) is 36.2 Å². The minimum Gasteiger partial charge on any atom is -0.308 e. The van der Waals surface area contributed by atoms with Crippen LogP contribution in [0.3, 0.4) is 0 Å². The van der Waals surface area contributed by atoms with Crippen molar-refractivity contribution in [3.63, 3.8) is 0 Å². The molecule has 2 N–H and O–H groups in total. The maximum atomic E-state index is 12.0. The third-order valence-electron chi connectivity index (χ3n) is 3.38. The van der Waals surface area contributed by atoms with Gasteiger partial charge in [-0.3, -0.25) is 4.79 Å². The first-order valence-corrected chi connectivity index (χ1v) is 7.42. The molecule has 114 valence electrons. The molecule has 0 aliphatic rings. The van der Waals surface area contributed by atoms with E-state index in [0.717, 1.165) is 12.1 Å².